The van der Waals surface area contributed by atoms with Crippen molar-refractivity contribution in [3.8, 4) is 0 Å². The Bertz CT molecular complexity index is 518. The van der Waals surface area contributed by atoms with Gasteiger partial charge in [-0.05, 0) is 51.6 Å². The van der Waals surface area contributed by atoms with E-state index in [9.17, 15) is 4.39 Å². The van der Waals surface area contributed by atoms with E-state index in [0.717, 1.165) is 25.4 Å². The maximum Gasteiger partial charge on any atom is 0.146 e. The molecular formula is C17H24ClFN2. The first kappa shape index (κ1) is 15.3. The molecule has 0 bridgehead atoms. The van der Waals surface area contributed by atoms with Crippen LogP contribution in [0.3, 0.4) is 0 Å². The molecule has 1 saturated carbocycles. The molecule has 2 aliphatic rings. The summed E-state index contributed by atoms with van der Waals surface area (Å²) in [6.07, 6.45) is 3.74. The van der Waals surface area contributed by atoms with Crippen molar-refractivity contribution in [1.82, 2.24) is 10.2 Å². The van der Waals surface area contributed by atoms with Gasteiger partial charge in [0, 0.05) is 30.2 Å². The molecule has 4 heteroatoms. The quantitative estimate of drug-likeness (QED) is 0.912. The minimum atomic E-state index is -0.267. The Morgan fingerprint density at radius 3 is 2.86 bits per heavy atom. The molecule has 116 valence electrons. The second-order valence-electron chi connectivity index (χ2n) is 6.87. The van der Waals surface area contributed by atoms with Crippen LogP contribution in [-0.2, 0) is 6.54 Å². The van der Waals surface area contributed by atoms with Crippen molar-refractivity contribution in [1.29, 1.82) is 0 Å². The van der Waals surface area contributed by atoms with Crippen LogP contribution in [-0.4, -0.2) is 29.6 Å². The van der Waals surface area contributed by atoms with Crippen LogP contribution in [0.5, 0.6) is 0 Å². The van der Waals surface area contributed by atoms with Crippen molar-refractivity contribution in [3.05, 3.63) is 34.6 Å². The van der Waals surface area contributed by atoms with Crippen LogP contribution in [0, 0.1) is 11.7 Å². The van der Waals surface area contributed by atoms with Crippen molar-refractivity contribution in [2.45, 2.75) is 51.2 Å². The van der Waals surface area contributed by atoms with Gasteiger partial charge >= 0.3 is 0 Å². The average Bonchev–Trinajstić information content (AvgIpc) is 3.27. The number of rotatable bonds is 3. The summed E-state index contributed by atoms with van der Waals surface area (Å²) in [5.41, 5.74) is 0.870. The van der Waals surface area contributed by atoms with Crippen molar-refractivity contribution in [2.75, 3.05) is 13.1 Å². The summed E-state index contributed by atoms with van der Waals surface area (Å²) >= 11 is 5.91. The molecule has 0 aromatic heterocycles. The Morgan fingerprint density at radius 1 is 1.38 bits per heavy atom. The second-order valence-corrected chi connectivity index (χ2v) is 7.28. The molecule has 1 saturated heterocycles. The minimum absolute atomic E-state index is 0.166. The highest BCUT2D eigenvalue weighted by molar-refractivity contribution is 6.30. The first-order chi connectivity index (χ1) is 9.99. The van der Waals surface area contributed by atoms with Crippen molar-refractivity contribution in [2.24, 2.45) is 5.92 Å². The van der Waals surface area contributed by atoms with Crippen molar-refractivity contribution in [3.63, 3.8) is 0 Å². The monoisotopic (exact) mass is 310 g/mol. The van der Waals surface area contributed by atoms with Crippen molar-refractivity contribution < 1.29 is 4.39 Å². The van der Waals surface area contributed by atoms with Crippen LogP contribution in [0.25, 0.3) is 0 Å². The van der Waals surface area contributed by atoms with Gasteiger partial charge < -0.3 is 5.32 Å². The molecule has 2 fully saturated rings. The van der Waals surface area contributed by atoms with Gasteiger partial charge in [-0.15, -0.1) is 0 Å². The van der Waals surface area contributed by atoms with E-state index in [1.165, 1.54) is 12.8 Å². The zero-order chi connectivity index (χ0) is 15.0. The van der Waals surface area contributed by atoms with Gasteiger partial charge in [-0.25, -0.2) is 4.39 Å². The Kier molecular flexibility index (Phi) is 4.26. The number of halogens is 2. The van der Waals surface area contributed by atoms with Gasteiger partial charge in [0.25, 0.3) is 0 Å². The molecule has 1 aromatic rings. The summed E-state index contributed by atoms with van der Waals surface area (Å²) in [5.74, 6) is 0.506. The third kappa shape index (κ3) is 3.25. The Hall–Kier alpha value is -0.640. The fraction of sp³-hybridized carbons (Fsp3) is 0.647. The van der Waals surface area contributed by atoms with Gasteiger partial charge in [-0.1, -0.05) is 23.7 Å². The number of hydrogen-bond donors (Lipinski definition) is 1. The van der Waals surface area contributed by atoms with Crippen LogP contribution < -0.4 is 5.32 Å². The summed E-state index contributed by atoms with van der Waals surface area (Å²) in [5, 5.41) is 3.95. The molecule has 21 heavy (non-hydrogen) atoms. The Labute approximate surface area is 131 Å². The number of hydrogen-bond acceptors (Lipinski definition) is 2. The highest BCUT2D eigenvalue weighted by Crippen LogP contribution is 2.41. The average molecular weight is 311 g/mol. The van der Waals surface area contributed by atoms with E-state index in [-0.39, 0.29) is 16.4 Å². The molecule has 0 radical (unpaired) electrons. The molecule has 2 nitrogen and oxygen atoms in total. The van der Waals surface area contributed by atoms with E-state index in [1.807, 2.05) is 12.1 Å². The zero-order valence-electron chi connectivity index (χ0n) is 12.8. The lowest BCUT2D eigenvalue weighted by molar-refractivity contribution is 0.153. The van der Waals surface area contributed by atoms with E-state index < -0.39 is 0 Å². The summed E-state index contributed by atoms with van der Waals surface area (Å²) < 4.78 is 14.2. The lowest BCUT2D eigenvalue weighted by atomic mass is 9.95. The second kappa shape index (κ2) is 5.86. The van der Waals surface area contributed by atoms with Gasteiger partial charge in [-0.3, -0.25) is 4.90 Å². The highest BCUT2D eigenvalue weighted by Gasteiger charge is 2.43. The van der Waals surface area contributed by atoms with Gasteiger partial charge in [0.2, 0.25) is 0 Å². The fourth-order valence-electron chi connectivity index (χ4n) is 3.48. The fourth-order valence-corrected chi connectivity index (χ4v) is 3.67. The van der Waals surface area contributed by atoms with Crippen LogP contribution in [0.1, 0.15) is 38.7 Å². The largest absolute Gasteiger partial charge is 0.310 e. The summed E-state index contributed by atoms with van der Waals surface area (Å²) in [6.45, 7) is 7.22. The van der Waals surface area contributed by atoms with Gasteiger partial charge in [0.05, 0.1) is 5.02 Å². The normalized spacial score (nSPS) is 31.1. The Balaban J connectivity index is 1.79. The standard InChI is InChI=1S/C17H24ClFN2/c1-12-8-9-20-17(2,14-6-7-14)11-21(12)10-13-4-3-5-15(18)16(13)19/h3-5,12,14,20H,6-11H2,1-2H3. The molecule has 3 rings (SSSR count). The highest BCUT2D eigenvalue weighted by atomic mass is 35.5. The lowest BCUT2D eigenvalue weighted by Gasteiger charge is -2.36. The topological polar surface area (TPSA) is 15.3 Å². The number of nitrogens with one attached hydrogen (secondary N) is 1. The van der Waals surface area contributed by atoms with Crippen LogP contribution in [0.15, 0.2) is 18.2 Å². The predicted octanol–water partition coefficient (Wildman–Crippen LogP) is 3.83. The molecule has 2 unspecified atom stereocenters. The maximum atomic E-state index is 14.2. The molecular weight excluding hydrogens is 287 g/mol. The van der Waals surface area contributed by atoms with Crippen LogP contribution in [0.4, 0.5) is 4.39 Å². The number of nitrogens with zero attached hydrogens (tertiary/aromatic N) is 1. The molecule has 1 N–H and O–H groups in total. The SMILES string of the molecule is CC1CCNC(C)(C2CC2)CN1Cc1cccc(Cl)c1F. The first-order valence-electron chi connectivity index (χ1n) is 7.91. The van der Waals surface area contributed by atoms with Gasteiger partial charge in [0.15, 0.2) is 0 Å². The van der Waals surface area contributed by atoms with E-state index in [0.29, 0.717) is 18.2 Å². The smallest absolute Gasteiger partial charge is 0.146 e. The van der Waals surface area contributed by atoms with E-state index >= 15 is 0 Å². The van der Waals surface area contributed by atoms with Crippen LogP contribution in [0.2, 0.25) is 5.02 Å². The molecule has 1 aliphatic carbocycles. The summed E-state index contributed by atoms with van der Waals surface area (Å²) in [7, 11) is 0. The van der Waals surface area contributed by atoms with E-state index in [4.69, 9.17) is 11.6 Å². The molecule has 2 atom stereocenters. The van der Waals surface area contributed by atoms with Gasteiger partial charge in [-0.2, -0.15) is 0 Å². The van der Waals surface area contributed by atoms with Crippen LogP contribution >= 0.6 is 11.6 Å². The zero-order valence-corrected chi connectivity index (χ0v) is 13.6. The van der Waals surface area contributed by atoms with E-state index in [1.54, 1.807) is 6.07 Å². The summed E-state index contributed by atoms with van der Waals surface area (Å²) in [4.78, 5) is 2.41. The third-order valence-electron chi connectivity index (χ3n) is 5.13. The Morgan fingerprint density at radius 2 is 2.14 bits per heavy atom. The number of benzene rings is 1. The maximum absolute atomic E-state index is 14.2. The van der Waals surface area contributed by atoms with E-state index in [2.05, 4.69) is 24.1 Å². The van der Waals surface area contributed by atoms with Gasteiger partial charge in [0.1, 0.15) is 5.82 Å². The minimum Gasteiger partial charge on any atom is -0.310 e. The molecule has 1 heterocycles. The lowest BCUT2D eigenvalue weighted by Crippen LogP contribution is -2.51. The summed E-state index contributed by atoms with van der Waals surface area (Å²) in [6, 6.07) is 5.75. The molecule has 0 amide bonds. The predicted molar refractivity (Wildman–Crippen MR) is 85.0 cm³/mol. The van der Waals surface area contributed by atoms with Crippen molar-refractivity contribution >= 4 is 11.6 Å². The molecule has 1 aliphatic heterocycles. The molecule has 1 aromatic carbocycles. The third-order valence-corrected chi connectivity index (χ3v) is 5.42. The molecule has 0 spiro atoms. The first-order valence-corrected chi connectivity index (χ1v) is 8.29.